The summed E-state index contributed by atoms with van der Waals surface area (Å²) in [6.45, 7) is -0.732. The summed E-state index contributed by atoms with van der Waals surface area (Å²) in [4.78, 5) is 27.8. The minimum Gasteiger partial charge on any atom is -0.461 e. The summed E-state index contributed by atoms with van der Waals surface area (Å²) in [6.07, 6.45) is -0.461. The first-order valence-electron chi connectivity index (χ1n) is 10.8. The van der Waals surface area contributed by atoms with Crippen molar-refractivity contribution in [2.75, 3.05) is 11.5 Å². The number of nitrogens with zero attached hydrogens (tertiary/aromatic N) is 1. The van der Waals surface area contributed by atoms with Crippen LogP contribution < -0.4 is 10.4 Å². The number of aliphatic hydroxyl groups is 3. The van der Waals surface area contributed by atoms with Gasteiger partial charge in [-0.25, -0.2) is 0 Å². The maximum absolute atomic E-state index is 13.5. The Labute approximate surface area is 189 Å². The van der Waals surface area contributed by atoms with Gasteiger partial charge >= 0.3 is 7.12 Å². The van der Waals surface area contributed by atoms with Gasteiger partial charge in [-0.2, -0.15) is 0 Å². The Bertz CT molecular complexity index is 1090. The molecule has 33 heavy (non-hydrogen) atoms. The van der Waals surface area contributed by atoms with E-state index in [1.54, 1.807) is 12.1 Å². The van der Waals surface area contributed by atoms with Gasteiger partial charge in [-0.15, -0.1) is 0 Å². The van der Waals surface area contributed by atoms with Gasteiger partial charge in [0.15, 0.2) is 5.79 Å². The van der Waals surface area contributed by atoms with Crippen LogP contribution in [0.3, 0.4) is 0 Å². The van der Waals surface area contributed by atoms with Gasteiger partial charge in [-0.1, -0.05) is 12.1 Å². The molecule has 1 aromatic carbocycles. The van der Waals surface area contributed by atoms with Gasteiger partial charge in [-0.05, 0) is 42.6 Å². The molecular formula is C22H24BNO9. The smallest absolute Gasteiger partial charge is 0.461 e. The molecule has 6 atom stereocenters. The molecule has 2 aromatic rings. The number of fused-ring (bicyclic) bond motifs is 3. The lowest BCUT2D eigenvalue weighted by Crippen LogP contribution is -2.54. The molecular weight excluding hydrogens is 433 g/mol. The van der Waals surface area contributed by atoms with Gasteiger partial charge in [0.05, 0.1) is 24.1 Å². The molecule has 0 spiro atoms. The number of amides is 2. The molecule has 2 aliphatic heterocycles. The third-order valence-corrected chi connectivity index (χ3v) is 7.17. The minimum atomic E-state index is -1.83. The summed E-state index contributed by atoms with van der Waals surface area (Å²) in [5.74, 6) is -5.27. The molecule has 174 valence electrons. The Hall–Kier alpha value is -2.54. The van der Waals surface area contributed by atoms with Crippen molar-refractivity contribution in [2.45, 2.75) is 31.3 Å². The highest BCUT2D eigenvalue weighted by Crippen LogP contribution is 2.58. The van der Waals surface area contributed by atoms with E-state index in [1.165, 1.54) is 24.3 Å². The van der Waals surface area contributed by atoms with E-state index in [9.17, 15) is 35.0 Å². The largest absolute Gasteiger partial charge is 0.488 e. The second-order valence-electron chi connectivity index (χ2n) is 8.89. The van der Waals surface area contributed by atoms with Crippen LogP contribution in [0.5, 0.6) is 0 Å². The van der Waals surface area contributed by atoms with Gasteiger partial charge in [0.1, 0.15) is 24.2 Å². The van der Waals surface area contributed by atoms with Crippen molar-refractivity contribution in [1.29, 1.82) is 0 Å². The Morgan fingerprint density at radius 3 is 2.55 bits per heavy atom. The predicted octanol–water partition coefficient (Wildman–Crippen LogP) is -0.964. The summed E-state index contributed by atoms with van der Waals surface area (Å²) in [6, 6.07) is 9.09. The average molecular weight is 457 g/mol. The van der Waals surface area contributed by atoms with Crippen molar-refractivity contribution in [1.82, 2.24) is 0 Å². The summed E-state index contributed by atoms with van der Waals surface area (Å²) >= 11 is 0. The fraction of sp³-hybridized carbons (Fsp3) is 0.455. The fourth-order valence-corrected chi connectivity index (χ4v) is 5.60. The van der Waals surface area contributed by atoms with Gasteiger partial charge < -0.3 is 34.5 Å². The Balaban J connectivity index is 1.50. The lowest BCUT2D eigenvalue weighted by Gasteiger charge is -2.43. The SMILES string of the molecule is O=C1[C@H]2[C@H](C[C@H](CO)[C@@]3(O)O[C@H](c4ccc(CO)o4)C[C@@H]23)C(=O)N1c1cccc(B(O)O)c1. The quantitative estimate of drug-likeness (QED) is 0.281. The first-order chi connectivity index (χ1) is 15.8. The maximum atomic E-state index is 13.5. The van der Waals surface area contributed by atoms with E-state index in [1.807, 2.05) is 0 Å². The Morgan fingerprint density at radius 1 is 1.09 bits per heavy atom. The van der Waals surface area contributed by atoms with Crippen LogP contribution >= 0.6 is 0 Å². The first kappa shape index (κ1) is 22.3. The third-order valence-electron chi connectivity index (χ3n) is 7.17. The van der Waals surface area contributed by atoms with Crippen LogP contribution in [-0.2, 0) is 20.9 Å². The van der Waals surface area contributed by atoms with Crippen LogP contribution in [0.25, 0.3) is 0 Å². The summed E-state index contributed by atoms with van der Waals surface area (Å²) in [7, 11) is -1.76. The lowest BCUT2D eigenvalue weighted by molar-refractivity contribution is -0.275. The third kappa shape index (κ3) is 3.35. The molecule has 11 heteroatoms. The van der Waals surface area contributed by atoms with Gasteiger partial charge in [0.25, 0.3) is 0 Å². The van der Waals surface area contributed by atoms with E-state index in [-0.39, 0.29) is 30.6 Å². The zero-order valence-corrected chi connectivity index (χ0v) is 17.6. The average Bonchev–Trinajstić information content (AvgIpc) is 3.48. The second-order valence-corrected chi connectivity index (χ2v) is 8.89. The number of carbonyl (C=O) groups is 2. The van der Waals surface area contributed by atoms with Crippen LogP contribution in [0, 0.1) is 23.7 Å². The number of carbonyl (C=O) groups excluding carboxylic acids is 2. The predicted molar refractivity (Wildman–Crippen MR) is 112 cm³/mol. The second kappa shape index (κ2) is 8.05. The van der Waals surface area contributed by atoms with Crippen molar-refractivity contribution in [2.24, 2.45) is 23.7 Å². The molecule has 1 aromatic heterocycles. The Kier molecular flexibility index (Phi) is 5.43. The van der Waals surface area contributed by atoms with Gasteiger partial charge in [-0.3, -0.25) is 14.5 Å². The van der Waals surface area contributed by atoms with Crippen LogP contribution in [0.2, 0.25) is 0 Å². The number of hydrogen-bond donors (Lipinski definition) is 5. The molecule has 5 rings (SSSR count). The van der Waals surface area contributed by atoms with Crippen LogP contribution in [0.4, 0.5) is 5.69 Å². The molecule has 5 N–H and O–H groups in total. The minimum absolute atomic E-state index is 0.0598. The number of benzene rings is 1. The van der Waals surface area contributed by atoms with Gasteiger partial charge in [0, 0.05) is 11.8 Å². The van der Waals surface area contributed by atoms with Crippen molar-refractivity contribution in [3.05, 3.63) is 47.9 Å². The van der Waals surface area contributed by atoms with Crippen LogP contribution in [-0.4, -0.2) is 56.7 Å². The normalized spacial score (nSPS) is 33.4. The van der Waals surface area contributed by atoms with E-state index in [0.29, 0.717) is 11.5 Å². The van der Waals surface area contributed by atoms with E-state index in [2.05, 4.69) is 0 Å². The Morgan fingerprint density at radius 2 is 1.88 bits per heavy atom. The molecule has 1 saturated carbocycles. The molecule has 3 aliphatic rings. The van der Waals surface area contributed by atoms with Gasteiger partial charge in [0.2, 0.25) is 11.8 Å². The zero-order chi connectivity index (χ0) is 23.5. The van der Waals surface area contributed by atoms with E-state index < -0.39 is 61.1 Å². The van der Waals surface area contributed by atoms with Crippen molar-refractivity contribution in [3.63, 3.8) is 0 Å². The fourth-order valence-electron chi connectivity index (χ4n) is 5.60. The van der Waals surface area contributed by atoms with Crippen molar-refractivity contribution >= 4 is 30.1 Å². The number of aliphatic hydroxyl groups excluding tert-OH is 2. The molecule has 0 bridgehead atoms. The van der Waals surface area contributed by atoms with Crippen LogP contribution in [0.15, 0.2) is 40.8 Å². The number of hydrogen-bond acceptors (Lipinski definition) is 9. The lowest BCUT2D eigenvalue weighted by atomic mass is 9.64. The standard InChI is InChI=1S/C22H24BNO9/c25-9-11-6-15-19(16-8-18(33-22(11,16)29)17-5-4-14(10-26)32-17)21(28)24(20(15)27)13-3-1-2-12(7-13)23(30)31/h1-5,7,11,15-16,18-19,25-26,29-31H,6,8-10H2/t11-,15+,16+,18+,19+,22-/m1/s1. The van der Waals surface area contributed by atoms with Crippen LogP contribution in [0.1, 0.15) is 30.5 Å². The molecule has 0 unspecified atom stereocenters. The molecule has 10 nitrogen and oxygen atoms in total. The van der Waals surface area contributed by atoms with E-state index in [0.717, 1.165) is 4.90 Å². The molecule has 1 aliphatic carbocycles. The topological polar surface area (TPSA) is 161 Å². The highest BCUT2D eigenvalue weighted by Gasteiger charge is 2.67. The monoisotopic (exact) mass is 457 g/mol. The molecule has 3 heterocycles. The van der Waals surface area contributed by atoms with Crippen molar-refractivity contribution in [3.8, 4) is 0 Å². The molecule has 2 saturated heterocycles. The number of imide groups is 1. The number of ether oxygens (including phenoxy) is 1. The van der Waals surface area contributed by atoms with Crippen molar-refractivity contribution < 1.29 is 44.1 Å². The maximum Gasteiger partial charge on any atom is 0.488 e. The number of anilines is 1. The van der Waals surface area contributed by atoms with E-state index in [4.69, 9.17) is 9.15 Å². The summed E-state index contributed by atoms with van der Waals surface area (Å²) in [5.41, 5.74) is 0.345. The number of rotatable bonds is 5. The molecule has 0 radical (unpaired) electrons. The van der Waals surface area contributed by atoms with E-state index >= 15 is 0 Å². The highest BCUT2D eigenvalue weighted by molar-refractivity contribution is 6.58. The summed E-state index contributed by atoms with van der Waals surface area (Å²) in [5, 5.41) is 49.7. The zero-order valence-electron chi connectivity index (χ0n) is 17.6. The molecule has 2 amide bonds. The highest BCUT2D eigenvalue weighted by atomic mass is 16.6. The molecule has 3 fully saturated rings. The summed E-state index contributed by atoms with van der Waals surface area (Å²) < 4.78 is 11.5. The first-order valence-corrected chi connectivity index (χ1v) is 10.8. The number of furan rings is 1.